The summed E-state index contributed by atoms with van der Waals surface area (Å²) in [5, 5.41) is 0. The molecule has 1 aliphatic heterocycles. The Labute approximate surface area is 120 Å². The molecule has 4 heteroatoms. The van der Waals surface area contributed by atoms with E-state index in [1.165, 1.54) is 11.1 Å². The minimum Gasteiger partial charge on any atom is -0.444 e. The lowest BCUT2D eigenvalue weighted by Gasteiger charge is -2.24. The van der Waals surface area contributed by atoms with Crippen molar-refractivity contribution in [2.75, 3.05) is 13.1 Å². The molecule has 2 rings (SSSR count). The van der Waals surface area contributed by atoms with Gasteiger partial charge in [0.1, 0.15) is 5.60 Å². The van der Waals surface area contributed by atoms with Gasteiger partial charge < -0.3 is 15.4 Å². The average Bonchev–Trinajstić information content (AvgIpc) is 2.70. The lowest BCUT2D eigenvalue weighted by atomic mass is 9.94. The van der Waals surface area contributed by atoms with Gasteiger partial charge in [-0.2, -0.15) is 0 Å². The van der Waals surface area contributed by atoms with Gasteiger partial charge in [-0.15, -0.1) is 0 Å². The molecule has 1 amide bonds. The molecule has 0 spiro atoms. The fourth-order valence-corrected chi connectivity index (χ4v) is 2.47. The highest BCUT2D eigenvalue weighted by atomic mass is 16.6. The van der Waals surface area contributed by atoms with Crippen molar-refractivity contribution >= 4 is 6.09 Å². The van der Waals surface area contributed by atoms with Crippen molar-refractivity contribution < 1.29 is 9.53 Å². The maximum Gasteiger partial charge on any atom is 0.410 e. The summed E-state index contributed by atoms with van der Waals surface area (Å²) < 4.78 is 5.40. The molecule has 0 aliphatic carbocycles. The van der Waals surface area contributed by atoms with Crippen LogP contribution in [-0.4, -0.2) is 35.7 Å². The van der Waals surface area contributed by atoms with Crippen LogP contribution in [0, 0.1) is 6.92 Å². The van der Waals surface area contributed by atoms with Crippen LogP contribution in [0.1, 0.15) is 37.8 Å². The second-order valence-electron chi connectivity index (χ2n) is 6.57. The van der Waals surface area contributed by atoms with Crippen molar-refractivity contribution in [1.82, 2.24) is 4.90 Å². The SMILES string of the molecule is Cc1ccc(C2CN(C(=O)OC(C)(C)C)CC2N)cc1. The fraction of sp³-hybridized carbons (Fsp3) is 0.562. The predicted molar refractivity (Wildman–Crippen MR) is 79.7 cm³/mol. The standard InChI is InChI=1S/C16H24N2O2/c1-11-5-7-12(8-6-11)13-9-18(10-14(13)17)15(19)20-16(2,3)4/h5-8,13-14H,9-10,17H2,1-4H3. The number of rotatable bonds is 1. The van der Waals surface area contributed by atoms with Gasteiger partial charge >= 0.3 is 6.09 Å². The maximum absolute atomic E-state index is 12.1. The van der Waals surface area contributed by atoms with Crippen molar-refractivity contribution in [3.8, 4) is 0 Å². The fourth-order valence-electron chi connectivity index (χ4n) is 2.47. The molecule has 0 aromatic heterocycles. The van der Waals surface area contributed by atoms with Gasteiger partial charge in [0.25, 0.3) is 0 Å². The number of carbonyl (C=O) groups is 1. The highest BCUT2D eigenvalue weighted by molar-refractivity contribution is 5.69. The number of nitrogens with two attached hydrogens (primary N) is 1. The Morgan fingerprint density at radius 3 is 2.40 bits per heavy atom. The zero-order valence-corrected chi connectivity index (χ0v) is 12.7. The van der Waals surface area contributed by atoms with Crippen LogP contribution in [0.2, 0.25) is 0 Å². The zero-order chi connectivity index (χ0) is 14.9. The van der Waals surface area contributed by atoms with E-state index in [4.69, 9.17) is 10.5 Å². The molecular weight excluding hydrogens is 252 g/mol. The zero-order valence-electron chi connectivity index (χ0n) is 12.7. The van der Waals surface area contributed by atoms with Gasteiger partial charge in [-0.1, -0.05) is 29.8 Å². The van der Waals surface area contributed by atoms with Crippen molar-refractivity contribution in [2.24, 2.45) is 5.73 Å². The topological polar surface area (TPSA) is 55.6 Å². The van der Waals surface area contributed by atoms with Crippen LogP contribution < -0.4 is 5.73 Å². The van der Waals surface area contributed by atoms with Crippen molar-refractivity contribution in [1.29, 1.82) is 0 Å². The number of amides is 1. The third kappa shape index (κ3) is 3.51. The molecule has 1 aliphatic rings. The molecule has 1 aromatic rings. The number of hydrogen-bond donors (Lipinski definition) is 1. The van der Waals surface area contributed by atoms with E-state index in [1.807, 2.05) is 20.8 Å². The van der Waals surface area contributed by atoms with E-state index in [2.05, 4.69) is 31.2 Å². The molecule has 110 valence electrons. The monoisotopic (exact) mass is 276 g/mol. The Hall–Kier alpha value is -1.55. The van der Waals surface area contributed by atoms with E-state index in [0.717, 1.165) is 0 Å². The van der Waals surface area contributed by atoms with Gasteiger partial charge in [0.15, 0.2) is 0 Å². The van der Waals surface area contributed by atoms with Gasteiger partial charge in [0.05, 0.1) is 0 Å². The summed E-state index contributed by atoms with van der Waals surface area (Å²) in [7, 11) is 0. The molecule has 0 saturated carbocycles. The summed E-state index contributed by atoms with van der Waals surface area (Å²) >= 11 is 0. The highest BCUT2D eigenvalue weighted by Crippen LogP contribution is 2.27. The van der Waals surface area contributed by atoms with E-state index in [1.54, 1.807) is 4.90 Å². The first-order chi connectivity index (χ1) is 9.26. The number of ether oxygens (including phenoxy) is 1. The third-order valence-corrected chi connectivity index (χ3v) is 3.52. The third-order valence-electron chi connectivity index (χ3n) is 3.52. The molecule has 2 atom stereocenters. The first-order valence-corrected chi connectivity index (χ1v) is 7.06. The van der Waals surface area contributed by atoms with Crippen LogP contribution >= 0.6 is 0 Å². The number of hydrogen-bond acceptors (Lipinski definition) is 3. The summed E-state index contributed by atoms with van der Waals surface area (Å²) in [5.74, 6) is 0.183. The Morgan fingerprint density at radius 1 is 1.25 bits per heavy atom. The number of benzene rings is 1. The first kappa shape index (κ1) is 14.9. The lowest BCUT2D eigenvalue weighted by molar-refractivity contribution is 0.0290. The number of likely N-dealkylation sites (tertiary alicyclic amines) is 1. The van der Waals surface area contributed by atoms with Crippen LogP contribution in [0.5, 0.6) is 0 Å². The van der Waals surface area contributed by atoms with E-state index >= 15 is 0 Å². The largest absolute Gasteiger partial charge is 0.444 e. The Bertz CT molecular complexity index is 476. The molecule has 4 nitrogen and oxygen atoms in total. The lowest BCUT2D eigenvalue weighted by Crippen LogP contribution is -2.36. The normalized spacial score (nSPS) is 22.9. The maximum atomic E-state index is 12.1. The van der Waals surface area contributed by atoms with Crippen LogP contribution in [-0.2, 0) is 4.74 Å². The summed E-state index contributed by atoms with van der Waals surface area (Å²) in [6, 6.07) is 8.32. The second kappa shape index (κ2) is 5.44. The summed E-state index contributed by atoms with van der Waals surface area (Å²) in [6.45, 7) is 8.85. The van der Waals surface area contributed by atoms with E-state index in [9.17, 15) is 4.79 Å². The minimum absolute atomic E-state index is 0.0368. The molecule has 20 heavy (non-hydrogen) atoms. The number of aryl methyl sites for hydroxylation is 1. The minimum atomic E-state index is -0.469. The molecule has 1 fully saturated rings. The molecule has 2 unspecified atom stereocenters. The van der Waals surface area contributed by atoms with Gasteiger partial charge in [0.2, 0.25) is 0 Å². The molecule has 1 saturated heterocycles. The van der Waals surface area contributed by atoms with Gasteiger partial charge in [-0.3, -0.25) is 0 Å². The van der Waals surface area contributed by atoms with Crippen LogP contribution in [0.25, 0.3) is 0 Å². The second-order valence-corrected chi connectivity index (χ2v) is 6.57. The molecule has 2 N–H and O–H groups in total. The number of carbonyl (C=O) groups excluding carboxylic acids is 1. The van der Waals surface area contributed by atoms with E-state index in [0.29, 0.717) is 13.1 Å². The Morgan fingerprint density at radius 2 is 1.85 bits per heavy atom. The molecule has 1 heterocycles. The average molecular weight is 276 g/mol. The van der Waals surface area contributed by atoms with Crippen LogP contribution in [0.4, 0.5) is 4.79 Å². The molecule has 1 aromatic carbocycles. The summed E-state index contributed by atoms with van der Waals surface area (Å²) in [6.07, 6.45) is -0.275. The molecular formula is C16H24N2O2. The number of nitrogens with zero attached hydrogens (tertiary/aromatic N) is 1. The Kier molecular flexibility index (Phi) is 4.04. The van der Waals surface area contributed by atoms with Gasteiger partial charge in [-0.25, -0.2) is 4.79 Å². The van der Waals surface area contributed by atoms with Gasteiger partial charge in [-0.05, 0) is 33.3 Å². The molecule has 0 radical (unpaired) electrons. The molecule has 0 bridgehead atoms. The van der Waals surface area contributed by atoms with Crippen molar-refractivity contribution in [2.45, 2.75) is 45.3 Å². The van der Waals surface area contributed by atoms with E-state index < -0.39 is 5.60 Å². The summed E-state index contributed by atoms with van der Waals surface area (Å²) in [5.41, 5.74) is 8.14. The van der Waals surface area contributed by atoms with Crippen molar-refractivity contribution in [3.05, 3.63) is 35.4 Å². The summed E-state index contributed by atoms with van der Waals surface area (Å²) in [4.78, 5) is 13.8. The predicted octanol–water partition coefficient (Wildman–Crippen LogP) is 2.66. The smallest absolute Gasteiger partial charge is 0.410 e. The van der Waals surface area contributed by atoms with Crippen LogP contribution in [0.15, 0.2) is 24.3 Å². The Balaban J connectivity index is 2.05. The quantitative estimate of drug-likeness (QED) is 0.858. The van der Waals surface area contributed by atoms with E-state index in [-0.39, 0.29) is 18.1 Å². The van der Waals surface area contributed by atoms with Gasteiger partial charge in [0, 0.05) is 25.0 Å². The van der Waals surface area contributed by atoms with Crippen LogP contribution in [0.3, 0.4) is 0 Å². The van der Waals surface area contributed by atoms with Crippen molar-refractivity contribution in [3.63, 3.8) is 0 Å². The highest BCUT2D eigenvalue weighted by Gasteiger charge is 2.35. The first-order valence-electron chi connectivity index (χ1n) is 7.06.